The highest BCUT2D eigenvalue weighted by molar-refractivity contribution is 7.71. The van der Waals surface area contributed by atoms with Crippen molar-refractivity contribution in [2.75, 3.05) is 32.1 Å². The maximum absolute atomic E-state index is 10.9. The summed E-state index contributed by atoms with van der Waals surface area (Å²) in [6.07, 6.45) is 0.0548. The fourth-order valence-corrected chi connectivity index (χ4v) is 2.17. The van der Waals surface area contributed by atoms with E-state index >= 15 is 0 Å². The van der Waals surface area contributed by atoms with E-state index in [-0.39, 0.29) is 6.42 Å². The molecule has 1 aromatic carbocycles. The van der Waals surface area contributed by atoms with E-state index in [4.69, 9.17) is 17.3 Å². The molecule has 1 heterocycles. The van der Waals surface area contributed by atoms with Gasteiger partial charge in [-0.05, 0) is 44.5 Å². The molecule has 2 rings (SSSR count). The van der Waals surface area contributed by atoms with Crippen molar-refractivity contribution < 1.29 is 9.90 Å². The molecule has 1 radical (unpaired) electrons. The summed E-state index contributed by atoms with van der Waals surface area (Å²) in [5, 5.41) is 19.1. The standard InChI is InChI=1S/C14H19N6O2S/c1-18(2)8-9-19(7-6-13(21)22)11-4-3-5-12(10-11)20-14(23)15-16-17-20/h3-5,9-10H,6-8H2,1-2H3,(H,21,22)(H,15,17,23). The maximum Gasteiger partial charge on any atom is 0.305 e. The first-order valence-electron chi connectivity index (χ1n) is 7.04. The second-order valence-corrected chi connectivity index (χ2v) is 5.58. The van der Waals surface area contributed by atoms with Crippen molar-refractivity contribution in [1.82, 2.24) is 25.1 Å². The van der Waals surface area contributed by atoms with E-state index in [0.29, 0.717) is 17.9 Å². The molecule has 0 bridgehead atoms. The molecule has 0 spiro atoms. The van der Waals surface area contributed by atoms with Gasteiger partial charge in [0.2, 0.25) is 4.77 Å². The molecule has 0 saturated carbocycles. The Labute approximate surface area is 139 Å². The number of hydrogen-bond donors (Lipinski definition) is 2. The van der Waals surface area contributed by atoms with Gasteiger partial charge in [0, 0.05) is 18.8 Å². The fraction of sp³-hybridized carbons (Fsp3) is 0.357. The van der Waals surface area contributed by atoms with E-state index in [1.807, 2.05) is 54.7 Å². The molecule has 0 fully saturated rings. The summed E-state index contributed by atoms with van der Waals surface area (Å²) < 4.78 is 1.91. The highest BCUT2D eigenvalue weighted by Gasteiger charge is 2.11. The first kappa shape index (κ1) is 17.1. The number of carbonyl (C=O) groups is 1. The molecule has 9 heteroatoms. The zero-order valence-corrected chi connectivity index (χ0v) is 13.8. The smallest absolute Gasteiger partial charge is 0.305 e. The second-order valence-electron chi connectivity index (χ2n) is 5.22. The Hall–Kier alpha value is -2.26. The predicted molar refractivity (Wildman–Crippen MR) is 89.0 cm³/mol. The quantitative estimate of drug-likeness (QED) is 0.703. The summed E-state index contributed by atoms with van der Waals surface area (Å²) in [6, 6.07) is 7.58. The summed E-state index contributed by atoms with van der Waals surface area (Å²) in [5.74, 6) is -0.829. The number of benzene rings is 1. The summed E-state index contributed by atoms with van der Waals surface area (Å²) in [7, 11) is 3.91. The van der Waals surface area contributed by atoms with Crippen LogP contribution in [0.25, 0.3) is 5.69 Å². The Kier molecular flexibility index (Phi) is 5.83. The van der Waals surface area contributed by atoms with Crippen LogP contribution >= 0.6 is 12.2 Å². The van der Waals surface area contributed by atoms with Crippen molar-refractivity contribution in [3.63, 3.8) is 0 Å². The van der Waals surface area contributed by atoms with Gasteiger partial charge < -0.3 is 14.9 Å². The summed E-state index contributed by atoms with van der Waals surface area (Å²) >= 11 is 5.10. The number of aromatic amines is 1. The van der Waals surface area contributed by atoms with Gasteiger partial charge in [0.25, 0.3) is 0 Å². The lowest BCUT2D eigenvalue weighted by Gasteiger charge is -2.25. The number of nitrogens with one attached hydrogen (secondary N) is 1. The molecule has 0 aliphatic carbocycles. The molecule has 123 valence electrons. The van der Waals surface area contributed by atoms with Crippen LogP contribution in [0.1, 0.15) is 6.42 Å². The maximum atomic E-state index is 10.9. The SMILES string of the molecule is CN(C)C[CH]N(CCC(=O)O)c1cccc(-n2[nH]nnc2=S)c1. The Morgan fingerprint density at radius 3 is 2.87 bits per heavy atom. The van der Waals surface area contributed by atoms with Gasteiger partial charge in [0.05, 0.1) is 18.7 Å². The van der Waals surface area contributed by atoms with Gasteiger partial charge in [-0.3, -0.25) is 4.79 Å². The van der Waals surface area contributed by atoms with E-state index < -0.39 is 5.97 Å². The number of carboxylic acid groups (broad SMARTS) is 1. The molecular weight excluding hydrogens is 316 g/mol. The third kappa shape index (κ3) is 4.86. The third-order valence-electron chi connectivity index (χ3n) is 3.12. The van der Waals surface area contributed by atoms with Crippen molar-refractivity contribution in [3.8, 4) is 5.69 Å². The average molecular weight is 335 g/mol. The highest BCUT2D eigenvalue weighted by Crippen LogP contribution is 2.20. The average Bonchev–Trinajstić information content (AvgIpc) is 2.93. The van der Waals surface area contributed by atoms with E-state index in [2.05, 4.69) is 15.5 Å². The summed E-state index contributed by atoms with van der Waals surface area (Å²) in [5.41, 5.74) is 1.66. The van der Waals surface area contributed by atoms with Crippen LogP contribution in [0.15, 0.2) is 24.3 Å². The van der Waals surface area contributed by atoms with Crippen molar-refractivity contribution in [2.45, 2.75) is 6.42 Å². The topological polar surface area (TPSA) is 90.3 Å². The molecule has 0 saturated heterocycles. The van der Waals surface area contributed by atoms with E-state index in [9.17, 15) is 4.79 Å². The fourth-order valence-electron chi connectivity index (χ4n) is 1.98. The molecule has 23 heavy (non-hydrogen) atoms. The number of rotatable bonds is 8. The van der Waals surface area contributed by atoms with Gasteiger partial charge in [-0.2, -0.15) is 5.21 Å². The van der Waals surface area contributed by atoms with Crippen molar-refractivity contribution in [1.29, 1.82) is 0 Å². The minimum absolute atomic E-state index is 0.0548. The Morgan fingerprint density at radius 1 is 1.48 bits per heavy atom. The zero-order chi connectivity index (χ0) is 16.8. The largest absolute Gasteiger partial charge is 0.481 e. The van der Waals surface area contributed by atoms with Crippen molar-refractivity contribution in [3.05, 3.63) is 35.6 Å². The number of hydrogen-bond acceptors (Lipinski definition) is 6. The Morgan fingerprint density at radius 2 is 2.26 bits per heavy atom. The van der Waals surface area contributed by atoms with Crippen molar-refractivity contribution in [2.24, 2.45) is 0 Å². The third-order valence-corrected chi connectivity index (χ3v) is 3.39. The number of anilines is 1. The van der Waals surface area contributed by atoms with Crippen LogP contribution < -0.4 is 4.90 Å². The second kappa shape index (κ2) is 7.84. The van der Waals surface area contributed by atoms with Crippen LogP contribution in [0.3, 0.4) is 0 Å². The summed E-state index contributed by atoms with van der Waals surface area (Å²) in [6.45, 7) is 3.06. The predicted octanol–water partition coefficient (Wildman–Crippen LogP) is 1.33. The van der Waals surface area contributed by atoms with Crippen LogP contribution in [0.5, 0.6) is 0 Å². The molecule has 2 N–H and O–H groups in total. The molecule has 1 aromatic heterocycles. The lowest BCUT2D eigenvalue weighted by atomic mass is 10.2. The van der Waals surface area contributed by atoms with Crippen LogP contribution in [0, 0.1) is 11.3 Å². The van der Waals surface area contributed by atoms with Gasteiger partial charge in [-0.25, -0.2) is 4.68 Å². The van der Waals surface area contributed by atoms with E-state index in [1.54, 1.807) is 4.68 Å². The number of aliphatic carboxylic acids is 1. The van der Waals surface area contributed by atoms with Gasteiger partial charge in [-0.15, -0.1) is 0 Å². The normalized spacial score (nSPS) is 10.9. The van der Waals surface area contributed by atoms with Gasteiger partial charge in [-0.1, -0.05) is 16.4 Å². The van der Waals surface area contributed by atoms with E-state index in [0.717, 1.165) is 11.4 Å². The van der Waals surface area contributed by atoms with Crippen LogP contribution in [-0.4, -0.2) is 63.4 Å². The highest BCUT2D eigenvalue weighted by atomic mass is 32.1. The monoisotopic (exact) mass is 335 g/mol. The first-order valence-corrected chi connectivity index (χ1v) is 7.45. The molecule has 2 aromatic rings. The molecular formula is C14H19N6O2S. The molecule has 0 atom stereocenters. The molecule has 0 aliphatic heterocycles. The summed E-state index contributed by atoms with van der Waals surface area (Å²) in [4.78, 5) is 14.8. The van der Waals surface area contributed by atoms with Crippen LogP contribution in [0.2, 0.25) is 0 Å². The number of H-pyrrole nitrogens is 1. The lowest BCUT2D eigenvalue weighted by Crippen LogP contribution is -2.29. The Balaban J connectivity index is 2.24. The van der Waals surface area contributed by atoms with Crippen LogP contribution in [-0.2, 0) is 4.79 Å². The first-order chi connectivity index (χ1) is 11.0. The number of aromatic nitrogens is 4. The molecule has 0 amide bonds. The number of likely N-dealkylation sites (N-methyl/N-ethyl adjacent to an activating group) is 1. The molecule has 0 unspecified atom stereocenters. The lowest BCUT2D eigenvalue weighted by molar-refractivity contribution is -0.136. The van der Waals surface area contributed by atoms with Gasteiger partial charge >= 0.3 is 5.97 Å². The minimum Gasteiger partial charge on any atom is -0.481 e. The van der Waals surface area contributed by atoms with Gasteiger partial charge in [0.1, 0.15) is 0 Å². The number of nitrogens with zero attached hydrogens (tertiary/aromatic N) is 5. The number of tetrazole rings is 1. The molecule has 0 aliphatic rings. The van der Waals surface area contributed by atoms with Crippen molar-refractivity contribution >= 4 is 23.9 Å². The van der Waals surface area contributed by atoms with Crippen LogP contribution in [0.4, 0.5) is 5.69 Å². The zero-order valence-electron chi connectivity index (χ0n) is 13.0. The van der Waals surface area contributed by atoms with Gasteiger partial charge in [0.15, 0.2) is 0 Å². The molecule has 8 nitrogen and oxygen atoms in total. The Bertz CT molecular complexity index is 711. The van der Waals surface area contributed by atoms with E-state index in [1.165, 1.54) is 0 Å². The minimum atomic E-state index is -0.829. The number of carboxylic acids is 1.